The minimum absolute atomic E-state index is 0.0445. The van der Waals surface area contributed by atoms with E-state index in [4.69, 9.17) is 0 Å². The predicted molar refractivity (Wildman–Crippen MR) is 80.9 cm³/mol. The molecule has 0 aliphatic carbocycles. The summed E-state index contributed by atoms with van der Waals surface area (Å²) >= 11 is 0. The topological polar surface area (TPSA) is 83.5 Å². The molecule has 22 heavy (non-hydrogen) atoms. The number of amides is 1. The van der Waals surface area contributed by atoms with E-state index in [1.54, 1.807) is 4.90 Å². The summed E-state index contributed by atoms with van der Waals surface area (Å²) in [4.78, 5) is 22.8. The third kappa shape index (κ3) is 2.50. The van der Waals surface area contributed by atoms with Gasteiger partial charge in [0.15, 0.2) is 0 Å². The SMILES string of the molecule is Cc1ncnc(C(=O)N2CC[C@H]3CN(S(C)(=O)=O)C[C@H]32)c1C. The van der Waals surface area contributed by atoms with Crippen molar-refractivity contribution in [2.75, 3.05) is 25.9 Å². The Kier molecular flexibility index (Phi) is 3.68. The maximum absolute atomic E-state index is 12.8. The molecule has 0 bridgehead atoms. The Morgan fingerprint density at radius 3 is 2.68 bits per heavy atom. The van der Waals surface area contributed by atoms with E-state index in [1.165, 1.54) is 16.9 Å². The summed E-state index contributed by atoms with van der Waals surface area (Å²) in [5, 5.41) is 0. The highest BCUT2D eigenvalue weighted by molar-refractivity contribution is 7.88. The number of aromatic nitrogens is 2. The first-order valence-electron chi connectivity index (χ1n) is 7.33. The second-order valence-electron chi connectivity index (χ2n) is 6.13. The number of carbonyl (C=O) groups is 1. The highest BCUT2D eigenvalue weighted by atomic mass is 32.2. The molecule has 0 radical (unpaired) electrons. The van der Waals surface area contributed by atoms with Crippen molar-refractivity contribution in [2.45, 2.75) is 26.3 Å². The van der Waals surface area contributed by atoms with E-state index in [9.17, 15) is 13.2 Å². The van der Waals surface area contributed by atoms with Gasteiger partial charge in [-0.1, -0.05) is 0 Å². The summed E-state index contributed by atoms with van der Waals surface area (Å²) in [6, 6.07) is -0.0445. The van der Waals surface area contributed by atoms with Crippen LogP contribution < -0.4 is 0 Å². The number of rotatable bonds is 2. The van der Waals surface area contributed by atoms with E-state index in [1.807, 2.05) is 13.8 Å². The Morgan fingerprint density at radius 1 is 1.27 bits per heavy atom. The van der Waals surface area contributed by atoms with Crippen LogP contribution in [0, 0.1) is 19.8 Å². The number of nitrogens with zero attached hydrogens (tertiary/aromatic N) is 4. The van der Waals surface area contributed by atoms with Crippen LogP contribution in [0.2, 0.25) is 0 Å². The Hall–Kier alpha value is -1.54. The van der Waals surface area contributed by atoms with Crippen LogP contribution in [0.4, 0.5) is 0 Å². The molecule has 0 saturated carbocycles. The number of fused-ring (bicyclic) bond motifs is 1. The van der Waals surface area contributed by atoms with E-state index in [-0.39, 0.29) is 17.9 Å². The molecule has 1 aromatic heterocycles. The van der Waals surface area contributed by atoms with Crippen molar-refractivity contribution < 1.29 is 13.2 Å². The lowest BCUT2D eigenvalue weighted by atomic mass is 10.0. The molecule has 2 aliphatic rings. The van der Waals surface area contributed by atoms with Crippen molar-refractivity contribution in [3.8, 4) is 0 Å². The lowest BCUT2D eigenvalue weighted by molar-refractivity contribution is 0.0725. The number of sulfonamides is 1. The number of likely N-dealkylation sites (tertiary alicyclic amines) is 1. The van der Waals surface area contributed by atoms with Crippen molar-refractivity contribution in [3.05, 3.63) is 23.3 Å². The fourth-order valence-corrected chi connectivity index (χ4v) is 4.22. The van der Waals surface area contributed by atoms with Gasteiger partial charge >= 0.3 is 0 Å². The average Bonchev–Trinajstić information content (AvgIpc) is 3.00. The molecule has 8 heteroatoms. The van der Waals surface area contributed by atoms with Crippen LogP contribution >= 0.6 is 0 Å². The molecular formula is C14H20N4O3S. The molecular weight excluding hydrogens is 304 g/mol. The van der Waals surface area contributed by atoms with E-state index in [2.05, 4.69) is 9.97 Å². The highest BCUT2D eigenvalue weighted by Gasteiger charge is 2.46. The molecule has 1 amide bonds. The summed E-state index contributed by atoms with van der Waals surface area (Å²) in [5.41, 5.74) is 2.00. The lowest BCUT2D eigenvalue weighted by Gasteiger charge is -2.24. The van der Waals surface area contributed by atoms with Gasteiger partial charge in [-0.25, -0.2) is 18.4 Å². The van der Waals surface area contributed by atoms with Crippen LogP contribution in [0.5, 0.6) is 0 Å². The quantitative estimate of drug-likeness (QED) is 0.776. The smallest absolute Gasteiger partial charge is 0.273 e. The van der Waals surface area contributed by atoms with Crippen molar-refractivity contribution in [2.24, 2.45) is 5.92 Å². The van der Waals surface area contributed by atoms with Crippen LogP contribution in [-0.4, -0.2) is 65.4 Å². The maximum Gasteiger partial charge on any atom is 0.273 e. The van der Waals surface area contributed by atoms with E-state index in [0.29, 0.717) is 25.3 Å². The van der Waals surface area contributed by atoms with Gasteiger partial charge in [0.25, 0.3) is 5.91 Å². The average molecular weight is 324 g/mol. The van der Waals surface area contributed by atoms with Crippen molar-refractivity contribution >= 4 is 15.9 Å². The first-order valence-corrected chi connectivity index (χ1v) is 9.18. The third-order valence-corrected chi connectivity index (χ3v) is 6.02. The minimum atomic E-state index is -3.20. The summed E-state index contributed by atoms with van der Waals surface area (Å²) < 4.78 is 24.9. The van der Waals surface area contributed by atoms with Gasteiger partial charge in [0.1, 0.15) is 12.0 Å². The first-order chi connectivity index (χ1) is 10.3. The number of carbonyl (C=O) groups excluding carboxylic acids is 1. The van der Waals surface area contributed by atoms with Gasteiger partial charge in [0.2, 0.25) is 10.0 Å². The standard InChI is InChI=1S/C14H20N4O3S/c1-9-10(2)15-8-16-13(9)14(19)18-5-4-11-6-17(7-12(11)18)22(3,20)21/h8,11-12H,4-7H2,1-3H3/t11-,12+/m0/s1. The molecule has 0 unspecified atom stereocenters. The summed E-state index contributed by atoms with van der Waals surface area (Å²) in [6.07, 6.45) is 3.46. The Morgan fingerprint density at radius 2 is 2.00 bits per heavy atom. The molecule has 0 spiro atoms. The molecule has 2 fully saturated rings. The molecule has 1 aromatic rings. The minimum Gasteiger partial charge on any atom is -0.333 e. The molecule has 0 aromatic carbocycles. The highest BCUT2D eigenvalue weighted by Crippen LogP contribution is 2.33. The zero-order chi connectivity index (χ0) is 16.1. The molecule has 120 valence electrons. The zero-order valence-corrected chi connectivity index (χ0v) is 13.8. The normalized spacial score (nSPS) is 25.5. The Balaban J connectivity index is 1.84. The van der Waals surface area contributed by atoms with Crippen LogP contribution in [0.15, 0.2) is 6.33 Å². The fraction of sp³-hybridized carbons (Fsp3) is 0.643. The van der Waals surface area contributed by atoms with Gasteiger partial charge in [-0.15, -0.1) is 0 Å². The molecule has 2 atom stereocenters. The van der Waals surface area contributed by atoms with E-state index >= 15 is 0 Å². The largest absolute Gasteiger partial charge is 0.333 e. The second-order valence-corrected chi connectivity index (χ2v) is 8.11. The molecule has 2 saturated heterocycles. The monoisotopic (exact) mass is 324 g/mol. The fourth-order valence-electron chi connectivity index (χ4n) is 3.34. The Labute approximate surface area is 130 Å². The lowest BCUT2D eigenvalue weighted by Crippen LogP contribution is -2.41. The maximum atomic E-state index is 12.8. The van der Waals surface area contributed by atoms with Gasteiger partial charge in [0, 0.05) is 36.9 Å². The molecule has 3 rings (SSSR count). The second kappa shape index (κ2) is 5.27. The van der Waals surface area contributed by atoms with Gasteiger partial charge in [-0.05, 0) is 26.2 Å². The van der Waals surface area contributed by atoms with Gasteiger partial charge < -0.3 is 4.90 Å². The molecule has 3 heterocycles. The van der Waals surface area contributed by atoms with Crippen LogP contribution in [-0.2, 0) is 10.0 Å². The predicted octanol–water partition coefficient (Wildman–Crippen LogP) is 0.199. The van der Waals surface area contributed by atoms with Crippen molar-refractivity contribution in [1.29, 1.82) is 0 Å². The van der Waals surface area contributed by atoms with Crippen molar-refractivity contribution in [3.63, 3.8) is 0 Å². The number of aryl methyl sites for hydroxylation is 1. The molecule has 0 N–H and O–H groups in total. The molecule has 7 nitrogen and oxygen atoms in total. The molecule has 2 aliphatic heterocycles. The van der Waals surface area contributed by atoms with Crippen LogP contribution in [0.3, 0.4) is 0 Å². The van der Waals surface area contributed by atoms with E-state index < -0.39 is 10.0 Å². The van der Waals surface area contributed by atoms with Crippen LogP contribution in [0.1, 0.15) is 28.2 Å². The van der Waals surface area contributed by atoms with Crippen LogP contribution in [0.25, 0.3) is 0 Å². The summed E-state index contributed by atoms with van der Waals surface area (Å²) in [6.45, 7) is 5.25. The summed E-state index contributed by atoms with van der Waals surface area (Å²) in [5.74, 6) is 0.104. The summed E-state index contributed by atoms with van der Waals surface area (Å²) in [7, 11) is -3.20. The first kappa shape index (κ1) is 15.4. The number of hydrogen-bond donors (Lipinski definition) is 0. The van der Waals surface area contributed by atoms with Gasteiger partial charge in [-0.3, -0.25) is 4.79 Å². The zero-order valence-electron chi connectivity index (χ0n) is 13.0. The van der Waals surface area contributed by atoms with E-state index in [0.717, 1.165) is 17.7 Å². The van der Waals surface area contributed by atoms with Crippen molar-refractivity contribution in [1.82, 2.24) is 19.2 Å². The Bertz CT molecular complexity index is 719. The van der Waals surface area contributed by atoms with Gasteiger partial charge in [-0.2, -0.15) is 4.31 Å². The van der Waals surface area contributed by atoms with Gasteiger partial charge in [0.05, 0.1) is 6.26 Å². The third-order valence-electron chi connectivity index (χ3n) is 4.78. The number of hydrogen-bond acceptors (Lipinski definition) is 5.